The van der Waals surface area contributed by atoms with E-state index < -0.39 is 9.84 Å². The average molecular weight is 398 g/mol. The lowest BCUT2D eigenvalue weighted by molar-refractivity contribution is 0.145. The number of aliphatic hydroxyl groups is 1. The first kappa shape index (κ1) is 18.6. The van der Waals surface area contributed by atoms with Crippen molar-refractivity contribution in [1.29, 1.82) is 0 Å². The molecule has 2 aromatic carbocycles. The van der Waals surface area contributed by atoms with Gasteiger partial charge >= 0.3 is 0 Å². The standard InChI is InChI=1S/C20H22N4O3S/c1-28(26,27)17-6-7-19-18(12-17)20(22-13-21-19)23-14-2-4-15(5-3-14)24-10-8-16(25)9-11-24/h2-7,12-13,16,25H,8-11H2,1H3,(H,21,22,23). The van der Waals surface area contributed by atoms with Crippen molar-refractivity contribution in [3.8, 4) is 0 Å². The Bertz CT molecular complexity index is 1090. The second-order valence-electron chi connectivity index (χ2n) is 7.06. The number of aliphatic hydroxyl groups excluding tert-OH is 1. The molecule has 1 saturated heterocycles. The summed E-state index contributed by atoms with van der Waals surface area (Å²) < 4.78 is 23.7. The van der Waals surface area contributed by atoms with E-state index in [9.17, 15) is 13.5 Å². The number of nitrogens with one attached hydrogen (secondary N) is 1. The summed E-state index contributed by atoms with van der Waals surface area (Å²) in [6.45, 7) is 1.69. The Kier molecular flexibility index (Phi) is 4.91. The molecule has 0 saturated carbocycles. The summed E-state index contributed by atoms with van der Waals surface area (Å²) >= 11 is 0. The number of aromatic nitrogens is 2. The van der Waals surface area contributed by atoms with Crippen LogP contribution in [0.5, 0.6) is 0 Å². The number of hydrogen-bond acceptors (Lipinski definition) is 7. The van der Waals surface area contributed by atoms with Crippen molar-refractivity contribution in [2.45, 2.75) is 23.8 Å². The van der Waals surface area contributed by atoms with Crippen molar-refractivity contribution >= 4 is 37.9 Å². The number of hydrogen-bond donors (Lipinski definition) is 2. The lowest BCUT2D eigenvalue weighted by Crippen LogP contribution is -2.35. The highest BCUT2D eigenvalue weighted by Gasteiger charge is 2.17. The Morgan fingerprint density at radius 2 is 1.79 bits per heavy atom. The van der Waals surface area contributed by atoms with Gasteiger partial charge in [0.25, 0.3) is 0 Å². The van der Waals surface area contributed by atoms with Crippen LogP contribution < -0.4 is 10.2 Å². The Labute approximate surface area is 164 Å². The summed E-state index contributed by atoms with van der Waals surface area (Å²) in [5, 5.41) is 13.6. The number of anilines is 3. The lowest BCUT2D eigenvalue weighted by Gasteiger charge is -2.31. The van der Waals surface area contributed by atoms with Crippen molar-refractivity contribution in [3.05, 3.63) is 48.8 Å². The Morgan fingerprint density at radius 3 is 2.46 bits per heavy atom. The Balaban J connectivity index is 1.59. The molecule has 8 heteroatoms. The Morgan fingerprint density at radius 1 is 1.07 bits per heavy atom. The summed E-state index contributed by atoms with van der Waals surface area (Å²) in [6.07, 6.45) is 4.02. The molecule has 4 rings (SSSR count). The zero-order chi connectivity index (χ0) is 19.7. The van der Waals surface area contributed by atoms with Crippen LogP contribution >= 0.6 is 0 Å². The molecule has 0 aliphatic carbocycles. The SMILES string of the molecule is CS(=O)(=O)c1ccc2ncnc(Nc3ccc(N4CCC(O)CC4)cc3)c2c1. The van der Waals surface area contributed by atoms with Crippen LogP contribution in [0.2, 0.25) is 0 Å². The van der Waals surface area contributed by atoms with Gasteiger partial charge in [0.1, 0.15) is 12.1 Å². The van der Waals surface area contributed by atoms with Crippen molar-refractivity contribution in [2.75, 3.05) is 29.6 Å². The van der Waals surface area contributed by atoms with Gasteiger partial charge in [-0.3, -0.25) is 0 Å². The Hall–Kier alpha value is -2.71. The summed E-state index contributed by atoms with van der Waals surface area (Å²) in [5.41, 5.74) is 2.64. The quantitative estimate of drug-likeness (QED) is 0.698. The van der Waals surface area contributed by atoms with Gasteiger partial charge in [-0.15, -0.1) is 0 Å². The second-order valence-corrected chi connectivity index (χ2v) is 9.08. The number of fused-ring (bicyclic) bond motifs is 1. The molecule has 7 nitrogen and oxygen atoms in total. The fourth-order valence-corrected chi connectivity index (χ4v) is 4.03. The molecule has 28 heavy (non-hydrogen) atoms. The van der Waals surface area contributed by atoms with Crippen molar-refractivity contribution in [3.63, 3.8) is 0 Å². The minimum absolute atomic E-state index is 0.194. The van der Waals surface area contributed by atoms with Crippen LogP contribution in [0.1, 0.15) is 12.8 Å². The maximum atomic E-state index is 11.9. The minimum atomic E-state index is -3.31. The van der Waals surface area contributed by atoms with Crippen LogP contribution in [0, 0.1) is 0 Å². The predicted molar refractivity (Wildman–Crippen MR) is 110 cm³/mol. The molecular weight excluding hydrogens is 376 g/mol. The molecule has 2 N–H and O–H groups in total. The molecule has 0 radical (unpaired) electrons. The van der Waals surface area contributed by atoms with Gasteiger partial charge in [-0.25, -0.2) is 18.4 Å². The molecule has 0 atom stereocenters. The van der Waals surface area contributed by atoms with Gasteiger partial charge in [0, 0.05) is 36.1 Å². The third-order valence-electron chi connectivity index (χ3n) is 4.99. The zero-order valence-electron chi connectivity index (χ0n) is 15.5. The van der Waals surface area contributed by atoms with Crippen LogP contribution in [-0.2, 0) is 9.84 Å². The first-order chi connectivity index (χ1) is 13.4. The molecular formula is C20H22N4O3S. The largest absolute Gasteiger partial charge is 0.393 e. The maximum Gasteiger partial charge on any atom is 0.175 e. The highest BCUT2D eigenvalue weighted by atomic mass is 32.2. The molecule has 3 aromatic rings. The van der Waals surface area contributed by atoms with Gasteiger partial charge in [0.15, 0.2) is 9.84 Å². The van der Waals surface area contributed by atoms with Crippen molar-refractivity contribution < 1.29 is 13.5 Å². The van der Waals surface area contributed by atoms with Crippen LogP contribution in [-0.4, -0.2) is 48.9 Å². The number of sulfone groups is 1. The monoisotopic (exact) mass is 398 g/mol. The second kappa shape index (κ2) is 7.37. The normalized spacial score (nSPS) is 15.7. The lowest BCUT2D eigenvalue weighted by atomic mass is 10.1. The van der Waals surface area contributed by atoms with E-state index in [1.54, 1.807) is 18.2 Å². The van der Waals surface area contributed by atoms with E-state index in [1.165, 1.54) is 12.6 Å². The average Bonchev–Trinajstić information content (AvgIpc) is 2.68. The summed E-state index contributed by atoms with van der Waals surface area (Å²) in [6, 6.07) is 12.8. The first-order valence-electron chi connectivity index (χ1n) is 9.15. The van der Waals surface area contributed by atoms with Crippen LogP contribution in [0.15, 0.2) is 53.7 Å². The van der Waals surface area contributed by atoms with Gasteiger partial charge in [-0.1, -0.05) is 0 Å². The smallest absolute Gasteiger partial charge is 0.175 e. The molecule has 1 fully saturated rings. The molecule has 1 aliphatic heterocycles. The van der Waals surface area contributed by atoms with Crippen LogP contribution in [0.4, 0.5) is 17.2 Å². The molecule has 0 unspecified atom stereocenters. The van der Waals surface area contributed by atoms with Crippen molar-refractivity contribution in [1.82, 2.24) is 9.97 Å². The highest BCUT2D eigenvalue weighted by molar-refractivity contribution is 7.90. The summed E-state index contributed by atoms with van der Waals surface area (Å²) in [5.74, 6) is 0.560. The minimum Gasteiger partial charge on any atom is -0.393 e. The zero-order valence-corrected chi connectivity index (χ0v) is 16.4. The van der Waals surface area contributed by atoms with Gasteiger partial charge in [0.05, 0.1) is 16.5 Å². The fraction of sp³-hybridized carbons (Fsp3) is 0.300. The molecule has 0 bridgehead atoms. The maximum absolute atomic E-state index is 11.9. The molecule has 2 heterocycles. The fourth-order valence-electron chi connectivity index (χ4n) is 3.38. The topological polar surface area (TPSA) is 95.4 Å². The number of nitrogens with zero attached hydrogens (tertiary/aromatic N) is 3. The third-order valence-corrected chi connectivity index (χ3v) is 6.10. The molecule has 0 amide bonds. The summed E-state index contributed by atoms with van der Waals surface area (Å²) in [7, 11) is -3.31. The first-order valence-corrected chi connectivity index (χ1v) is 11.0. The van der Waals surface area contributed by atoms with Crippen molar-refractivity contribution in [2.24, 2.45) is 0 Å². The van der Waals surface area contributed by atoms with E-state index in [4.69, 9.17) is 0 Å². The van der Waals surface area contributed by atoms with E-state index in [-0.39, 0.29) is 11.0 Å². The van der Waals surface area contributed by atoms with Gasteiger partial charge < -0.3 is 15.3 Å². The van der Waals surface area contributed by atoms with E-state index in [1.807, 2.05) is 24.3 Å². The van der Waals surface area contributed by atoms with E-state index in [0.29, 0.717) is 16.7 Å². The molecule has 146 valence electrons. The number of rotatable bonds is 4. The highest BCUT2D eigenvalue weighted by Crippen LogP contribution is 2.27. The predicted octanol–water partition coefficient (Wildman–Crippen LogP) is 2.74. The number of piperidine rings is 1. The summed E-state index contributed by atoms with van der Waals surface area (Å²) in [4.78, 5) is 11.0. The van der Waals surface area contributed by atoms with Gasteiger partial charge in [0.2, 0.25) is 0 Å². The third kappa shape index (κ3) is 3.93. The molecule has 1 aromatic heterocycles. The van der Waals surface area contributed by atoms with E-state index in [0.717, 1.165) is 37.3 Å². The van der Waals surface area contributed by atoms with Gasteiger partial charge in [-0.05, 0) is 55.3 Å². The van der Waals surface area contributed by atoms with E-state index >= 15 is 0 Å². The van der Waals surface area contributed by atoms with Gasteiger partial charge in [-0.2, -0.15) is 0 Å². The van der Waals surface area contributed by atoms with E-state index in [2.05, 4.69) is 20.2 Å². The van der Waals surface area contributed by atoms with Crippen LogP contribution in [0.3, 0.4) is 0 Å². The molecule has 1 aliphatic rings. The van der Waals surface area contributed by atoms with Crippen LogP contribution in [0.25, 0.3) is 10.9 Å². The number of benzene rings is 2. The molecule has 0 spiro atoms.